The summed E-state index contributed by atoms with van der Waals surface area (Å²) in [5, 5.41) is 0. The Morgan fingerprint density at radius 2 is 2.19 bits per heavy atom. The van der Waals surface area contributed by atoms with E-state index < -0.39 is 0 Å². The molecule has 0 saturated heterocycles. The fraction of sp³-hybridized carbons (Fsp3) is 0.769. The van der Waals surface area contributed by atoms with Crippen molar-refractivity contribution in [2.24, 2.45) is 5.92 Å². The zero-order valence-corrected chi connectivity index (χ0v) is 11.0. The number of rotatable bonds is 5. The van der Waals surface area contributed by atoms with E-state index in [1.807, 2.05) is 6.33 Å². The van der Waals surface area contributed by atoms with Crippen LogP contribution in [0.3, 0.4) is 0 Å². The van der Waals surface area contributed by atoms with E-state index in [2.05, 4.69) is 29.1 Å². The predicted octanol–water partition coefficient (Wildman–Crippen LogP) is 3.11. The molecule has 1 atom stereocenters. The van der Waals surface area contributed by atoms with E-state index in [0.717, 1.165) is 18.2 Å². The topological polar surface area (TPSA) is 17.8 Å². The molecule has 0 aliphatic heterocycles. The number of aromatic nitrogens is 2. The van der Waals surface area contributed by atoms with Crippen molar-refractivity contribution in [1.82, 2.24) is 9.55 Å². The van der Waals surface area contributed by atoms with Crippen LogP contribution >= 0.6 is 12.6 Å². The average Bonchev–Trinajstić information content (AvgIpc) is 2.70. The second kappa shape index (κ2) is 5.76. The Morgan fingerprint density at radius 3 is 3.00 bits per heavy atom. The Hall–Kier alpha value is -0.440. The van der Waals surface area contributed by atoms with Gasteiger partial charge in [-0.2, -0.15) is 12.6 Å². The molecule has 0 saturated carbocycles. The first-order valence-corrected chi connectivity index (χ1v) is 7.08. The van der Waals surface area contributed by atoms with Crippen LogP contribution < -0.4 is 0 Å². The van der Waals surface area contributed by atoms with Gasteiger partial charge in [0.25, 0.3) is 0 Å². The lowest BCUT2D eigenvalue weighted by Gasteiger charge is -2.15. The van der Waals surface area contributed by atoms with E-state index in [4.69, 9.17) is 0 Å². The summed E-state index contributed by atoms with van der Waals surface area (Å²) in [7, 11) is 0. The van der Waals surface area contributed by atoms with Crippen molar-refractivity contribution in [2.75, 3.05) is 5.75 Å². The van der Waals surface area contributed by atoms with E-state index in [0.29, 0.717) is 0 Å². The van der Waals surface area contributed by atoms with Gasteiger partial charge in [0.15, 0.2) is 0 Å². The van der Waals surface area contributed by atoms with E-state index in [1.165, 1.54) is 49.9 Å². The minimum Gasteiger partial charge on any atom is -0.334 e. The van der Waals surface area contributed by atoms with Crippen LogP contribution in [-0.2, 0) is 19.4 Å². The standard InChI is InChI=1S/C13H22N2S/c1-11(7-9-16)6-8-15-10-14-12-4-2-3-5-13(12)15/h10-11,16H,2-9H2,1H3. The fourth-order valence-corrected chi connectivity index (χ4v) is 2.89. The van der Waals surface area contributed by atoms with Gasteiger partial charge in [-0.3, -0.25) is 0 Å². The van der Waals surface area contributed by atoms with Crippen LogP contribution in [0.4, 0.5) is 0 Å². The Balaban J connectivity index is 1.92. The van der Waals surface area contributed by atoms with E-state index >= 15 is 0 Å². The second-order valence-electron chi connectivity index (χ2n) is 4.94. The normalized spacial score (nSPS) is 17.1. The number of nitrogens with zero attached hydrogens (tertiary/aromatic N) is 2. The van der Waals surface area contributed by atoms with Crippen molar-refractivity contribution in [2.45, 2.75) is 52.0 Å². The third kappa shape index (κ3) is 2.82. The molecular formula is C13H22N2S. The van der Waals surface area contributed by atoms with Crippen LogP contribution in [-0.4, -0.2) is 15.3 Å². The van der Waals surface area contributed by atoms with Crippen LogP contribution in [0.2, 0.25) is 0 Å². The van der Waals surface area contributed by atoms with E-state index in [1.54, 1.807) is 0 Å². The zero-order chi connectivity index (χ0) is 11.4. The molecule has 0 radical (unpaired) electrons. The average molecular weight is 238 g/mol. The van der Waals surface area contributed by atoms with E-state index in [-0.39, 0.29) is 0 Å². The first kappa shape index (κ1) is 12.0. The van der Waals surface area contributed by atoms with Crippen molar-refractivity contribution in [1.29, 1.82) is 0 Å². The van der Waals surface area contributed by atoms with Crippen LogP contribution in [0.25, 0.3) is 0 Å². The van der Waals surface area contributed by atoms with Gasteiger partial charge in [-0.1, -0.05) is 6.92 Å². The Kier molecular flexibility index (Phi) is 4.33. The molecule has 0 spiro atoms. The van der Waals surface area contributed by atoms with Crippen molar-refractivity contribution >= 4 is 12.6 Å². The smallest absolute Gasteiger partial charge is 0.0951 e. The summed E-state index contributed by atoms with van der Waals surface area (Å²) in [6.07, 6.45) is 9.60. The Labute approximate surface area is 104 Å². The minimum absolute atomic E-state index is 0.777. The van der Waals surface area contributed by atoms with Gasteiger partial charge in [-0.05, 0) is 50.2 Å². The van der Waals surface area contributed by atoms with Gasteiger partial charge in [0.2, 0.25) is 0 Å². The summed E-state index contributed by atoms with van der Waals surface area (Å²) < 4.78 is 2.38. The highest BCUT2D eigenvalue weighted by molar-refractivity contribution is 7.80. The monoisotopic (exact) mass is 238 g/mol. The van der Waals surface area contributed by atoms with Crippen LogP contribution in [0.5, 0.6) is 0 Å². The second-order valence-corrected chi connectivity index (χ2v) is 5.39. The largest absolute Gasteiger partial charge is 0.334 e. The molecule has 0 aromatic carbocycles. The molecule has 1 unspecified atom stereocenters. The maximum Gasteiger partial charge on any atom is 0.0951 e. The number of thiol groups is 1. The molecule has 0 fully saturated rings. The number of imidazole rings is 1. The quantitative estimate of drug-likeness (QED) is 0.780. The molecule has 1 aromatic rings. The third-order valence-corrected chi connectivity index (χ3v) is 3.85. The third-order valence-electron chi connectivity index (χ3n) is 3.59. The van der Waals surface area contributed by atoms with Crippen LogP contribution in [0, 0.1) is 5.92 Å². The molecule has 1 aromatic heterocycles. The van der Waals surface area contributed by atoms with Gasteiger partial charge >= 0.3 is 0 Å². The molecule has 2 rings (SSSR count). The first-order chi connectivity index (χ1) is 7.81. The first-order valence-electron chi connectivity index (χ1n) is 6.45. The Bertz CT molecular complexity index is 333. The van der Waals surface area contributed by atoms with Crippen molar-refractivity contribution < 1.29 is 0 Å². The van der Waals surface area contributed by atoms with Gasteiger partial charge in [0.05, 0.1) is 12.0 Å². The van der Waals surface area contributed by atoms with Crippen molar-refractivity contribution in [3.05, 3.63) is 17.7 Å². The minimum atomic E-state index is 0.777. The van der Waals surface area contributed by atoms with Gasteiger partial charge in [0, 0.05) is 12.2 Å². The van der Waals surface area contributed by atoms with Gasteiger partial charge < -0.3 is 4.57 Å². The molecule has 16 heavy (non-hydrogen) atoms. The van der Waals surface area contributed by atoms with Crippen molar-refractivity contribution in [3.63, 3.8) is 0 Å². The summed E-state index contributed by atoms with van der Waals surface area (Å²) in [4.78, 5) is 4.53. The molecule has 1 aliphatic rings. The molecule has 3 heteroatoms. The fourth-order valence-electron chi connectivity index (χ4n) is 2.45. The van der Waals surface area contributed by atoms with Gasteiger partial charge in [0.1, 0.15) is 0 Å². The SMILES string of the molecule is CC(CCS)CCn1cnc2c1CCCC2. The summed E-state index contributed by atoms with van der Waals surface area (Å²) in [5.41, 5.74) is 2.86. The molecular weight excluding hydrogens is 216 g/mol. The highest BCUT2D eigenvalue weighted by atomic mass is 32.1. The number of fused-ring (bicyclic) bond motifs is 1. The molecule has 2 nitrogen and oxygen atoms in total. The number of aryl methyl sites for hydroxylation is 2. The maximum absolute atomic E-state index is 4.53. The van der Waals surface area contributed by atoms with Gasteiger partial charge in [-0.15, -0.1) is 0 Å². The number of hydrogen-bond acceptors (Lipinski definition) is 2. The highest BCUT2D eigenvalue weighted by Gasteiger charge is 2.15. The lowest BCUT2D eigenvalue weighted by atomic mass is 10.0. The molecule has 0 N–H and O–H groups in total. The summed E-state index contributed by atoms with van der Waals surface area (Å²) in [6, 6.07) is 0. The van der Waals surface area contributed by atoms with Gasteiger partial charge in [-0.25, -0.2) is 4.98 Å². The molecule has 0 bridgehead atoms. The molecule has 90 valence electrons. The Morgan fingerprint density at radius 1 is 1.38 bits per heavy atom. The predicted molar refractivity (Wildman–Crippen MR) is 71.1 cm³/mol. The summed E-state index contributed by atoms with van der Waals surface area (Å²) in [5.74, 6) is 1.78. The van der Waals surface area contributed by atoms with Crippen LogP contribution in [0.15, 0.2) is 6.33 Å². The molecule has 1 heterocycles. The van der Waals surface area contributed by atoms with E-state index in [9.17, 15) is 0 Å². The lowest BCUT2D eigenvalue weighted by molar-refractivity contribution is 0.461. The highest BCUT2D eigenvalue weighted by Crippen LogP contribution is 2.21. The lowest BCUT2D eigenvalue weighted by Crippen LogP contribution is -2.10. The summed E-state index contributed by atoms with van der Waals surface area (Å²) in [6.45, 7) is 3.46. The number of hydrogen-bond donors (Lipinski definition) is 1. The van der Waals surface area contributed by atoms with Crippen molar-refractivity contribution in [3.8, 4) is 0 Å². The van der Waals surface area contributed by atoms with Crippen LogP contribution in [0.1, 0.15) is 44.0 Å². The molecule has 0 amide bonds. The zero-order valence-electron chi connectivity index (χ0n) is 10.2. The maximum atomic E-state index is 4.53. The summed E-state index contributed by atoms with van der Waals surface area (Å²) >= 11 is 4.29. The molecule has 1 aliphatic carbocycles.